The molecule has 0 atom stereocenters. The fourth-order valence-corrected chi connectivity index (χ4v) is 3.60. The Morgan fingerprint density at radius 3 is 2.58 bits per heavy atom. The molecule has 0 saturated carbocycles. The third-order valence-corrected chi connectivity index (χ3v) is 5.60. The van der Waals surface area contributed by atoms with Gasteiger partial charge in [-0.3, -0.25) is 9.69 Å². The van der Waals surface area contributed by atoms with Gasteiger partial charge in [0, 0.05) is 44.0 Å². The molecule has 0 bridgehead atoms. The summed E-state index contributed by atoms with van der Waals surface area (Å²) in [5, 5.41) is 9.11. The molecule has 9 heteroatoms. The van der Waals surface area contributed by atoms with Crippen LogP contribution in [-0.2, 0) is 4.79 Å². The second-order valence-electron chi connectivity index (χ2n) is 7.82. The molecule has 1 aliphatic heterocycles. The lowest BCUT2D eigenvalue weighted by molar-refractivity contribution is -0.114. The van der Waals surface area contributed by atoms with E-state index in [1.54, 1.807) is 25.4 Å². The van der Waals surface area contributed by atoms with E-state index in [4.69, 9.17) is 20.7 Å². The summed E-state index contributed by atoms with van der Waals surface area (Å²) < 4.78 is 19.7. The Balaban J connectivity index is 2.18. The van der Waals surface area contributed by atoms with Crippen molar-refractivity contribution in [2.75, 3.05) is 27.2 Å². The van der Waals surface area contributed by atoms with E-state index in [0.717, 1.165) is 24.0 Å². The molecule has 0 unspecified atom stereocenters. The van der Waals surface area contributed by atoms with Crippen LogP contribution >= 0.6 is 0 Å². The standard InChI is InChI=1S/C24H27FN6O2/c1-16(19-6-7-22(33-3)28-14-19)23(17-4-5-18(13-26)21(25)12-17)29-24(30(2)15-32)31-10-8-20(27)9-11-31/h4-7,12,14-15,20H,8-11,27H2,1-3H3/b23-16+,29-24?. The van der Waals surface area contributed by atoms with Crippen molar-refractivity contribution in [3.8, 4) is 11.9 Å². The van der Waals surface area contributed by atoms with E-state index < -0.39 is 5.82 Å². The Morgan fingerprint density at radius 1 is 1.33 bits per heavy atom. The smallest absolute Gasteiger partial charge is 0.216 e. The minimum absolute atomic E-state index is 0.0545. The summed E-state index contributed by atoms with van der Waals surface area (Å²) in [6.45, 7) is 3.15. The summed E-state index contributed by atoms with van der Waals surface area (Å²) >= 11 is 0. The Morgan fingerprint density at radius 2 is 2.03 bits per heavy atom. The normalized spacial score (nSPS) is 15.5. The first kappa shape index (κ1) is 23.9. The molecule has 0 radical (unpaired) electrons. The highest BCUT2D eigenvalue weighted by molar-refractivity contribution is 5.98. The monoisotopic (exact) mass is 450 g/mol. The predicted molar refractivity (Wildman–Crippen MR) is 124 cm³/mol. The van der Waals surface area contributed by atoms with E-state index in [2.05, 4.69) is 4.98 Å². The van der Waals surface area contributed by atoms with Gasteiger partial charge in [-0.1, -0.05) is 6.07 Å². The molecule has 2 heterocycles. The highest BCUT2D eigenvalue weighted by Gasteiger charge is 2.23. The van der Waals surface area contributed by atoms with Gasteiger partial charge >= 0.3 is 0 Å². The van der Waals surface area contributed by atoms with E-state index >= 15 is 0 Å². The van der Waals surface area contributed by atoms with Crippen LogP contribution in [0.15, 0.2) is 41.5 Å². The molecule has 1 fully saturated rings. The van der Waals surface area contributed by atoms with Crippen molar-refractivity contribution >= 4 is 23.6 Å². The lowest BCUT2D eigenvalue weighted by Gasteiger charge is -2.34. The second kappa shape index (κ2) is 10.7. The number of hydrogen-bond donors (Lipinski definition) is 1. The average molecular weight is 451 g/mol. The molecular weight excluding hydrogens is 423 g/mol. The third-order valence-electron chi connectivity index (χ3n) is 5.60. The van der Waals surface area contributed by atoms with Gasteiger partial charge in [0.1, 0.15) is 11.9 Å². The predicted octanol–water partition coefficient (Wildman–Crippen LogP) is 2.86. The van der Waals surface area contributed by atoms with Crippen LogP contribution in [0.3, 0.4) is 0 Å². The van der Waals surface area contributed by atoms with E-state index in [1.807, 2.05) is 24.0 Å². The first-order chi connectivity index (χ1) is 15.9. The number of halogens is 1. The van der Waals surface area contributed by atoms with Crippen LogP contribution in [0.25, 0.3) is 11.3 Å². The molecule has 1 aromatic heterocycles. The zero-order valence-electron chi connectivity index (χ0n) is 19.0. The van der Waals surface area contributed by atoms with Gasteiger partial charge in [-0.2, -0.15) is 5.26 Å². The van der Waals surface area contributed by atoms with Crippen molar-refractivity contribution in [2.45, 2.75) is 25.8 Å². The number of nitrogens with two attached hydrogens (primary N) is 1. The Labute approximate surface area is 192 Å². The first-order valence-corrected chi connectivity index (χ1v) is 10.6. The topological polar surface area (TPSA) is 108 Å². The largest absolute Gasteiger partial charge is 0.481 e. The van der Waals surface area contributed by atoms with E-state index in [-0.39, 0.29) is 11.6 Å². The third kappa shape index (κ3) is 5.54. The Bertz CT molecular complexity index is 1100. The molecule has 33 heavy (non-hydrogen) atoms. The van der Waals surface area contributed by atoms with Crippen molar-refractivity contribution in [1.82, 2.24) is 14.8 Å². The molecule has 3 rings (SSSR count). The fraction of sp³-hybridized carbons (Fsp3) is 0.333. The van der Waals surface area contributed by atoms with Crippen molar-refractivity contribution < 1.29 is 13.9 Å². The summed E-state index contributed by atoms with van der Waals surface area (Å²) in [6, 6.07) is 9.85. The van der Waals surface area contributed by atoms with Crippen molar-refractivity contribution in [3.63, 3.8) is 0 Å². The van der Waals surface area contributed by atoms with Gasteiger partial charge in [-0.25, -0.2) is 14.4 Å². The van der Waals surface area contributed by atoms with Crippen LogP contribution in [0.1, 0.15) is 36.5 Å². The van der Waals surface area contributed by atoms with Gasteiger partial charge in [0.05, 0.1) is 18.4 Å². The molecule has 2 aromatic rings. The number of carbonyl (C=O) groups excluding carboxylic acids is 1. The number of nitrogens with zero attached hydrogens (tertiary/aromatic N) is 5. The number of aromatic nitrogens is 1. The van der Waals surface area contributed by atoms with Crippen LogP contribution in [0.5, 0.6) is 5.88 Å². The molecule has 1 aliphatic rings. The SMILES string of the molecule is COc1ccc(/C(C)=C(/N=C(N(C)C=O)N2CCC(N)CC2)c2ccc(C#N)c(F)c2)cn1. The van der Waals surface area contributed by atoms with Crippen molar-refractivity contribution in [2.24, 2.45) is 10.7 Å². The van der Waals surface area contributed by atoms with E-state index in [1.165, 1.54) is 24.1 Å². The van der Waals surface area contributed by atoms with Gasteiger partial charge in [-0.15, -0.1) is 0 Å². The average Bonchev–Trinajstić information content (AvgIpc) is 2.84. The van der Waals surface area contributed by atoms with Crippen LogP contribution in [0, 0.1) is 17.1 Å². The maximum Gasteiger partial charge on any atom is 0.216 e. The zero-order chi connectivity index (χ0) is 24.0. The summed E-state index contributed by atoms with van der Waals surface area (Å²) in [5.74, 6) is 0.266. The lowest BCUT2D eigenvalue weighted by atomic mass is 10.0. The number of methoxy groups -OCH3 is 1. The quantitative estimate of drug-likeness (QED) is 0.426. The maximum atomic E-state index is 14.5. The number of hydrogen-bond acceptors (Lipinski definition) is 6. The number of guanidine groups is 1. The summed E-state index contributed by atoms with van der Waals surface area (Å²) in [6.07, 6.45) is 3.89. The number of ether oxygens (including phenoxy) is 1. The number of pyridine rings is 1. The molecule has 8 nitrogen and oxygen atoms in total. The molecule has 1 saturated heterocycles. The number of piperidine rings is 1. The van der Waals surface area contributed by atoms with Gasteiger partial charge < -0.3 is 15.4 Å². The van der Waals surface area contributed by atoms with Crippen LogP contribution in [0.4, 0.5) is 4.39 Å². The second-order valence-corrected chi connectivity index (χ2v) is 7.82. The van der Waals surface area contributed by atoms with E-state index in [9.17, 15) is 9.18 Å². The number of aliphatic imine (C=N–C) groups is 1. The summed E-state index contributed by atoms with van der Waals surface area (Å²) in [4.78, 5) is 24.2. The number of benzene rings is 1. The summed E-state index contributed by atoms with van der Waals surface area (Å²) in [7, 11) is 3.16. The van der Waals surface area contributed by atoms with E-state index in [0.29, 0.717) is 42.6 Å². The fourth-order valence-electron chi connectivity index (χ4n) is 3.60. The van der Waals surface area contributed by atoms with Gasteiger partial charge in [-0.05, 0) is 49.1 Å². The molecule has 1 amide bonds. The maximum absolute atomic E-state index is 14.5. The molecule has 0 aliphatic carbocycles. The molecule has 172 valence electrons. The molecule has 2 N–H and O–H groups in total. The number of amides is 1. The first-order valence-electron chi connectivity index (χ1n) is 10.6. The molecule has 0 spiro atoms. The Hall–Kier alpha value is -3.77. The zero-order valence-corrected chi connectivity index (χ0v) is 19.0. The number of allylic oxidation sites excluding steroid dienone is 1. The summed E-state index contributed by atoms with van der Waals surface area (Å²) in [5.41, 5.74) is 8.41. The Kier molecular flexibility index (Phi) is 7.74. The molecule has 1 aromatic carbocycles. The number of likely N-dealkylation sites (tertiary alicyclic amines) is 1. The highest BCUT2D eigenvalue weighted by atomic mass is 19.1. The number of nitriles is 1. The highest BCUT2D eigenvalue weighted by Crippen LogP contribution is 2.29. The van der Waals surface area contributed by atoms with Gasteiger partial charge in [0.15, 0.2) is 0 Å². The van der Waals surface area contributed by atoms with Crippen molar-refractivity contribution in [3.05, 3.63) is 59.0 Å². The van der Waals surface area contributed by atoms with Crippen LogP contribution < -0.4 is 10.5 Å². The van der Waals surface area contributed by atoms with Gasteiger partial charge in [0.2, 0.25) is 18.2 Å². The molecular formula is C24H27FN6O2. The minimum Gasteiger partial charge on any atom is -0.481 e. The minimum atomic E-state index is -0.641. The number of rotatable bonds is 5. The van der Waals surface area contributed by atoms with Crippen molar-refractivity contribution in [1.29, 1.82) is 5.26 Å². The van der Waals surface area contributed by atoms with Gasteiger partial charge in [0.25, 0.3) is 0 Å². The number of carbonyl (C=O) groups is 1. The van der Waals surface area contributed by atoms with Crippen LogP contribution in [-0.4, -0.2) is 60.4 Å². The van der Waals surface area contributed by atoms with Crippen LogP contribution in [0.2, 0.25) is 0 Å². The lowest BCUT2D eigenvalue weighted by Crippen LogP contribution is -2.48.